The molecule has 9 heteroatoms. The van der Waals surface area contributed by atoms with Gasteiger partial charge in [0.15, 0.2) is 5.82 Å². The standard InChI is InChI=1S/C19H26N4O5/c1-19(2,3)28-18(27)22-9-7-21(8-10-22)16-14(5-4-6-20-16)23-12-13(17(25)26)11-15(23)24/h4-6,13H,7-12H2,1-3H3,(H,25,26). The maximum absolute atomic E-state index is 12.3. The van der Waals surface area contributed by atoms with Crippen molar-refractivity contribution in [2.24, 2.45) is 5.92 Å². The van der Waals surface area contributed by atoms with Gasteiger partial charge in [-0.2, -0.15) is 0 Å². The number of hydrogen-bond acceptors (Lipinski definition) is 6. The number of ether oxygens (including phenoxy) is 1. The third kappa shape index (κ3) is 4.35. The van der Waals surface area contributed by atoms with Gasteiger partial charge in [0.1, 0.15) is 5.60 Å². The number of aromatic nitrogens is 1. The van der Waals surface area contributed by atoms with E-state index in [0.29, 0.717) is 37.7 Å². The molecule has 9 nitrogen and oxygen atoms in total. The van der Waals surface area contributed by atoms with E-state index in [9.17, 15) is 19.5 Å². The summed E-state index contributed by atoms with van der Waals surface area (Å²) in [6, 6.07) is 3.52. The van der Waals surface area contributed by atoms with Crippen LogP contribution in [0.15, 0.2) is 18.3 Å². The highest BCUT2D eigenvalue weighted by molar-refractivity contribution is 6.01. The Morgan fingerprint density at radius 2 is 1.89 bits per heavy atom. The predicted molar refractivity (Wildman–Crippen MR) is 102 cm³/mol. The predicted octanol–water partition coefficient (Wildman–Crippen LogP) is 1.58. The first-order valence-electron chi connectivity index (χ1n) is 9.37. The summed E-state index contributed by atoms with van der Waals surface area (Å²) in [7, 11) is 0. The Labute approximate surface area is 163 Å². The number of rotatable bonds is 3. The van der Waals surface area contributed by atoms with Crippen molar-refractivity contribution in [2.75, 3.05) is 42.5 Å². The lowest BCUT2D eigenvalue weighted by molar-refractivity contribution is -0.141. The van der Waals surface area contributed by atoms with E-state index in [1.807, 2.05) is 25.7 Å². The molecule has 2 aliphatic rings. The van der Waals surface area contributed by atoms with Gasteiger partial charge in [-0.3, -0.25) is 9.59 Å². The fourth-order valence-electron chi connectivity index (χ4n) is 3.38. The molecular weight excluding hydrogens is 364 g/mol. The first-order valence-corrected chi connectivity index (χ1v) is 9.37. The minimum absolute atomic E-state index is 0.00388. The van der Waals surface area contributed by atoms with Crippen LogP contribution in [0.25, 0.3) is 0 Å². The fraction of sp³-hybridized carbons (Fsp3) is 0.579. The van der Waals surface area contributed by atoms with E-state index < -0.39 is 17.5 Å². The SMILES string of the molecule is CC(C)(C)OC(=O)N1CCN(c2ncccc2N2CC(C(=O)O)CC2=O)CC1. The normalized spacial score (nSPS) is 20.5. The number of carbonyl (C=O) groups is 3. The van der Waals surface area contributed by atoms with Gasteiger partial charge in [0.05, 0.1) is 11.6 Å². The average Bonchev–Trinajstić information content (AvgIpc) is 3.02. The number of anilines is 2. The molecule has 1 aromatic rings. The molecule has 3 heterocycles. The maximum atomic E-state index is 12.3. The highest BCUT2D eigenvalue weighted by atomic mass is 16.6. The number of amides is 2. The van der Waals surface area contributed by atoms with Gasteiger partial charge in [-0.05, 0) is 32.9 Å². The van der Waals surface area contributed by atoms with Crippen molar-refractivity contribution >= 4 is 29.5 Å². The molecule has 0 aromatic carbocycles. The van der Waals surface area contributed by atoms with Gasteiger partial charge in [-0.15, -0.1) is 0 Å². The molecule has 0 bridgehead atoms. The van der Waals surface area contributed by atoms with E-state index in [2.05, 4.69) is 4.98 Å². The second-order valence-corrected chi connectivity index (χ2v) is 8.04. The van der Waals surface area contributed by atoms with Gasteiger partial charge in [0.2, 0.25) is 5.91 Å². The van der Waals surface area contributed by atoms with Crippen molar-refractivity contribution in [3.8, 4) is 0 Å². The summed E-state index contributed by atoms with van der Waals surface area (Å²) in [4.78, 5) is 45.4. The van der Waals surface area contributed by atoms with Crippen molar-refractivity contribution in [1.29, 1.82) is 0 Å². The van der Waals surface area contributed by atoms with Crippen molar-refractivity contribution in [3.63, 3.8) is 0 Å². The Morgan fingerprint density at radius 3 is 2.46 bits per heavy atom. The lowest BCUT2D eigenvalue weighted by Gasteiger charge is -2.37. The smallest absolute Gasteiger partial charge is 0.410 e. The monoisotopic (exact) mass is 390 g/mol. The molecule has 28 heavy (non-hydrogen) atoms. The Morgan fingerprint density at radius 1 is 1.21 bits per heavy atom. The minimum Gasteiger partial charge on any atom is -0.481 e. The van der Waals surface area contributed by atoms with E-state index in [-0.39, 0.29) is 25.0 Å². The van der Waals surface area contributed by atoms with Gasteiger partial charge in [0, 0.05) is 45.3 Å². The van der Waals surface area contributed by atoms with Crippen LogP contribution < -0.4 is 9.80 Å². The number of nitrogens with zero attached hydrogens (tertiary/aromatic N) is 4. The quantitative estimate of drug-likeness (QED) is 0.836. The Hall–Kier alpha value is -2.84. The zero-order valence-corrected chi connectivity index (χ0v) is 16.4. The molecule has 152 valence electrons. The van der Waals surface area contributed by atoms with E-state index in [1.54, 1.807) is 23.2 Å². The third-order valence-electron chi connectivity index (χ3n) is 4.76. The molecule has 2 saturated heterocycles. The molecule has 0 saturated carbocycles. The molecule has 2 aliphatic heterocycles. The van der Waals surface area contributed by atoms with Crippen LogP contribution in [-0.2, 0) is 14.3 Å². The summed E-state index contributed by atoms with van der Waals surface area (Å²) in [5, 5.41) is 9.22. The van der Waals surface area contributed by atoms with Crippen LogP contribution in [0, 0.1) is 5.92 Å². The van der Waals surface area contributed by atoms with Crippen LogP contribution >= 0.6 is 0 Å². The number of pyridine rings is 1. The third-order valence-corrected chi connectivity index (χ3v) is 4.76. The van der Waals surface area contributed by atoms with Crippen LogP contribution in [0.2, 0.25) is 0 Å². The molecule has 2 amide bonds. The van der Waals surface area contributed by atoms with Crippen molar-refractivity contribution < 1.29 is 24.2 Å². The molecule has 3 rings (SSSR count). The summed E-state index contributed by atoms with van der Waals surface area (Å²) in [6.07, 6.45) is 1.30. The lowest BCUT2D eigenvalue weighted by atomic mass is 10.1. The average molecular weight is 390 g/mol. The number of carbonyl (C=O) groups excluding carboxylic acids is 2. The first-order chi connectivity index (χ1) is 13.2. The van der Waals surface area contributed by atoms with E-state index >= 15 is 0 Å². The van der Waals surface area contributed by atoms with Crippen molar-refractivity contribution in [1.82, 2.24) is 9.88 Å². The fourth-order valence-corrected chi connectivity index (χ4v) is 3.38. The van der Waals surface area contributed by atoms with Crippen LogP contribution in [0.5, 0.6) is 0 Å². The Bertz CT molecular complexity index is 768. The molecule has 0 radical (unpaired) electrons. The molecule has 0 spiro atoms. The summed E-state index contributed by atoms with van der Waals surface area (Å²) in [6.45, 7) is 7.70. The second-order valence-electron chi connectivity index (χ2n) is 8.04. The van der Waals surface area contributed by atoms with E-state index in [4.69, 9.17) is 4.74 Å². The molecule has 0 aliphatic carbocycles. The minimum atomic E-state index is -0.965. The van der Waals surface area contributed by atoms with Crippen LogP contribution in [0.1, 0.15) is 27.2 Å². The van der Waals surface area contributed by atoms with Crippen LogP contribution in [0.4, 0.5) is 16.3 Å². The summed E-state index contributed by atoms with van der Waals surface area (Å²) in [5.41, 5.74) is 0.0704. The number of carboxylic acids is 1. The van der Waals surface area contributed by atoms with E-state index in [1.165, 1.54) is 4.90 Å². The molecule has 1 atom stereocenters. The van der Waals surface area contributed by atoms with Crippen LogP contribution in [-0.4, -0.2) is 71.3 Å². The molecular formula is C19H26N4O5. The molecule has 1 N–H and O–H groups in total. The maximum Gasteiger partial charge on any atom is 0.410 e. The summed E-state index contributed by atoms with van der Waals surface area (Å²) >= 11 is 0. The molecule has 1 unspecified atom stereocenters. The van der Waals surface area contributed by atoms with Crippen molar-refractivity contribution in [2.45, 2.75) is 32.8 Å². The van der Waals surface area contributed by atoms with Gasteiger partial charge < -0.3 is 24.5 Å². The van der Waals surface area contributed by atoms with Gasteiger partial charge in [-0.25, -0.2) is 9.78 Å². The zero-order valence-electron chi connectivity index (χ0n) is 16.4. The highest BCUT2D eigenvalue weighted by Crippen LogP contribution is 2.32. The van der Waals surface area contributed by atoms with Crippen molar-refractivity contribution in [3.05, 3.63) is 18.3 Å². The Balaban J connectivity index is 1.70. The number of aliphatic carboxylic acids is 1. The first kappa shape index (κ1) is 19.9. The molecule has 1 aromatic heterocycles. The summed E-state index contributed by atoms with van der Waals surface area (Å²) < 4.78 is 5.42. The van der Waals surface area contributed by atoms with Gasteiger partial charge in [-0.1, -0.05) is 0 Å². The zero-order chi connectivity index (χ0) is 20.5. The largest absolute Gasteiger partial charge is 0.481 e. The number of piperazine rings is 1. The van der Waals surface area contributed by atoms with Gasteiger partial charge >= 0.3 is 12.1 Å². The number of carboxylic acid groups (broad SMARTS) is 1. The molecule has 2 fully saturated rings. The number of hydrogen-bond donors (Lipinski definition) is 1. The van der Waals surface area contributed by atoms with E-state index in [0.717, 1.165) is 0 Å². The Kier molecular flexibility index (Phi) is 5.44. The highest BCUT2D eigenvalue weighted by Gasteiger charge is 2.37. The lowest BCUT2D eigenvalue weighted by Crippen LogP contribution is -2.50. The van der Waals surface area contributed by atoms with Gasteiger partial charge in [0.25, 0.3) is 0 Å². The second kappa shape index (κ2) is 7.65. The van der Waals surface area contributed by atoms with Crippen LogP contribution in [0.3, 0.4) is 0 Å². The topological polar surface area (TPSA) is 103 Å². The summed E-state index contributed by atoms with van der Waals surface area (Å²) in [5.74, 6) is -1.25.